The van der Waals surface area contributed by atoms with E-state index in [4.69, 9.17) is 19.5 Å². The molecule has 3 heterocycles. The molecule has 0 bridgehead atoms. The van der Waals surface area contributed by atoms with Crippen LogP contribution in [0.2, 0.25) is 0 Å². The molecule has 1 fully saturated rings. The molecule has 3 N–H and O–H groups in total. The van der Waals surface area contributed by atoms with Gasteiger partial charge in [0.2, 0.25) is 0 Å². The van der Waals surface area contributed by atoms with E-state index in [1.807, 2.05) is 61.5 Å². The molecule has 3 aromatic rings. The van der Waals surface area contributed by atoms with E-state index < -0.39 is 35.7 Å². The fourth-order valence-electron chi connectivity index (χ4n) is 4.13. The average Bonchev–Trinajstić information content (AvgIpc) is 3.45. The molecule has 0 radical (unpaired) electrons. The second kappa shape index (κ2) is 10.6. The highest BCUT2D eigenvalue weighted by atomic mass is 19.4. The number of nitrogens with zero attached hydrogens (tertiary/aromatic N) is 2. The van der Waals surface area contributed by atoms with Crippen molar-refractivity contribution in [3.63, 3.8) is 0 Å². The molecule has 3 amide bonds. The molecule has 204 valence electrons. The number of pyridine rings is 1. The first-order valence-electron chi connectivity index (χ1n) is 11.6. The van der Waals surface area contributed by atoms with Crippen molar-refractivity contribution in [2.45, 2.75) is 44.7 Å². The summed E-state index contributed by atoms with van der Waals surface area (Å²) in [5, 5.41) is 17.2. The van der Waals surface area contributed by atoms with Crippen LogP contribution in [0.3, 0.4) is 0 Å². The van der Waals surface area contributed by atoms with Crippen LogP contribution in [-0.2, 0) is 21.0 Å². The largest absolute Gasteiger partial charge is 0.490 e. The number of carboxylic acids is 1. The molecule has 10 nitrogen and oxygen atoms in total. The van der Waals surface area contributed by atoms with E-state index >= 15 is 0 Å². The summed E-state index contributed by atoms with van der Waals surface area (Å²) in [6, 6.07) is 16.3. The van der Waals surface area contributed by atoms with Crippen molar-refractivity contribution in [2.24, 2.45) is 5.16 Å². The van der Waals surface area contributed by atoms with Gasteiger partial charge in [-0.25, -0.2) is 9.59 Å². The number of amides is 3. The fourth-order valence-corrected chi connectivity index (χ4v) is 4.13. The van der Waals surface area contributed by atoms with Gasteiger partial charge in [-0.1, -0.05) is 23.4 Å². The molecule has 2 unspecified atom stereocenters. The number of hydrogen-bond acceptors (Lipinski definition) is 7. The summed E-state index contributed by atoms with van der Waals surface area (Å²) in [5.41, 5.74) is 3.64. The van der Waals surface area contributed by atoms with Crippen LogP contribution in [0, 0.1) is 6.92 Å². The molecule has 1 aromatic heterocycles. The number of aryl methyl sites for hydroxylation is 1. The lowest BCUT2D eigenvalue weighted by molar-refractivity contribution is -0.192. The minimum absolute atomic E-state index is 0.397. The number of carbonyl (C=O) groups excluding carboxylic acids is 2. The van der Waals surface area contributed by atoms with E-state index in [1.54, 1.807) is 6.92 Å². The van der Waals surface area contributed by atoms with Crippen molar-refractivity contribution in [1.82, 2.24) is 15.6 Å². The number of imide groups is 1. The van der Waals surface area contributed by atoms with Gasteiger partial charge in [-0.2, -0.15) is 13.2 Å². The lowest BCUT2D eigenvalue weighted by atomic mass is 9.89. The van der Waals surface area contributed by atoms with Crippen LogP contribution < -0.4 is 15.4 Å². The van der Waals surface area contributed by atoms with Crippen LogP contribution in [-0.4, -0.2) is 51.5 Å². The number of halogens is 3. The third-order valence-electron chi connectivity index (χ3n) is 6.02. The van der Waals surface area contributed by atoms with E-state index in [-0.39, 0.29) is 0 Å². The van der Waals surface area contributed by atoms with Gasteiger partial charge in [0.15, 0.2) is 11.6 Å². The predicted molar refractivity (Wildman–Crippen MR) is 132 cm³/mol. The number of rotatable bonds is 5. The molecule has 13 heteroatoms. The molecule has 2 atom stereocenters. The zero-order chi connectivity index (χ0) is 28.4. The zero-order valence-electron chi connectivity index (χ0n) is 20.7. The molecule has 39 heavy (non-hydrogen) atoms. The van der Waals surface area contributed by atoms with Crippen LogP contribution in [0.5, 0.6) is 5.75 Å². The second-order valence-electron chi connectivity index (χ2n) is 9.07. The number of fused-ring (bicyclic) bond motifs is 1. The topological polar surface area (TPSA) is 139 Å². The normalized spacial score (nSPS) is 20.3. The Morgan fingerprint density at radius 1 is 1.18 bits per heavy atom. The molecule has 0 aliphatic carbocycles. The smallest absolute Gasteiger partial charge is 0.489 e. The van der Waals surface area contributed by atoms with E-state index in [2.05, 4.69) is 20.8 Å². The Balaban J connectivity index is 0.000000448. The average molecular weight is 544 g/mol. The first kappa shape index (κ1) is 27.4. The van der Waals surface area contributed by atoms with Gasteiger partial charge in [0.1, 0.15) is 12.4 Å². The lowest BCUT2D eigenvalue weighted by Crippen LogP contribution is -2.50. The van der Waals surface area contributed by atoms with Crippen molar-refractivity contribution in [2.75, 3.05) is 0 Å². The molecular formula is C26H23F3N4O6. The number of aromatic nitrogens is 1. The number of carboxylic acid groups (broad SMARTS) is 1. The third kappa shape index (κ3) is 6.25. The number of para-hydroxylation sites is 1. The van der Waals surface area contributed by atoms with Gasteiger partial charge in [0.25, 0.3) is 5.91 Å². The standard InChI is InChI=1S/C24H22N4O4.C2HF3O2/c1-14-11-16(18-5-3-4-6-19(18)25-14)13-31-17-9-7-15(8-10-17)20-12-24(2,32-28-20)21-22(29)27-23(30)26-21;3-2(4,5)1(6)7/h3-11,21H,12-13H2,1-2H3,(H2,26,27,29,30);(H,6,7). The monoisotopic (exact) mass is 544 g/mol. The highest BCUT2D eigenvalue weighted by molar-refractivity contribution is 6.07. The molecular weight excluding hydrogens is 521 g/mol. The van der Waals surface area contributed by atoms with Gasteiger partial charge in [0, 0.05) is 23.1 Å². The number of oxime groups is 1. The summed E-state index contributed by atoms with van der Waals surface area (Å²) in [6.45, 7) is 4.17. The summed E-state index contributed by atoms with van der Waals surface area (Å²) in [7, 11) is 0. The van der Waals surface area contributed by atoms with Crippen molar-refractivity contribution in [3.8, 4) is 5.75 Å². The number of urea groups is 1. The zero-order valence-corrected chi connectivity index (χ0v) is 20.7. The number of benzene rings is 2. The summed E-state index contributed by atoms with van der Waals surface area (Å²) in [5.74, 6) is -2.43. The minimum Gasteiger partial charge on any atom is -0.489 e. The fraction of sp³-hybridized carbons (Fsp3) is 0.269. The highest BCUT2D eigenvalue weighted by Gasteiger charge is 2.50. The van der Waals surface area contributed by atoms with Crippen molar-refractivity contribution >= 4 is 34.5 Å². The van der Waals surface area contributed by atoms with Crippen LogP contribution in [0.1, 0.15) is 30.2 Å². The first-order chi connectivity index (χ1) is 18.4. The van der Waals surface area contributed by atoms with E-state index in [9.17, 15) is 22.8 Å². The van der Waals surface area contributed by atoms with Gasteiger partial charge in [0.05, 0.1) is 11.2 Å². The number of aliphatic carboxylic acids is 1. The maximum atomic E-state index is 12.0. The Kier molecular flexibility index (Phi) is 7.43. The van der Waals surface area contributed by atoms with Crippen LogP contribution in [0.25, 0.3) is 10.9 Å². The molecule has 2 aliphatic heterocycles. The quantitative estimate of drug-likeness (QED) is 0.415. The summed E-state index contributed by atoms with van der Waals surface area (Å²) < 4.78 is 37.8. The Bertz CT molecular complexity index is 1460. The van der Waals surface area contributed by atoms with E-state index in [0.29, 0.717) is 18.7 Å². The molecule has 0 saturated carbocycles. The minimum atomic E-state index is -5.08. The maximum Gasteiger partial charge on any atom is 0.490 e. The molecule has 5 rings (SSSR count). The van der Waals surface area contributed by atoms with Crippen LogP contribution in [0.4, 0.5) is 18.0 Å². The highest BCUT2D eigenvalue weighted by Crippen LogP contribution is 2.31. The summed E-state index contributed by atoms with van der Waals surface area (Å²) in [4.78, 5) is 42.5. The summed E-state index contributed by atoms with van der Waals surface area (Å²) >= 11 is 0. The third-order valence-corrected chi connectivity index (χ3v) is 6.02. The van der Waals surface area contributed by atoms with Gasteiger partial charge >= 0.3 is 18.2 Å². The second-order valence-corrected chi connectivity index (χ2v) is 9.07. The Labute approximate surface area is 219 Å². The predicted octanol–water partition coefficient (Wildman–Crippen LogP) is 3.85. The van der Waals surface area contributed by atoms with Crippen molar-refractivity contribution in [1.29, 1.82) is 0 Å². The SMILES string of the molecule is Cc1cc(COc2ccc(C3=NOC(C)(C4NC(=O)NC4=O)C3)cc2)c2ccccc2n1.O=C(O)C(F)(F)F. The van der Waals surface area contributed by atoms with Gasteiger partial charge < -0.3 is 20.0 Å². The molecule has 1 saturated heterocycles. The van der Waals surface area contributed by atoms with Crippen LogP contribution >= 0.6 is 0 Å². The van der Waals surface area contributed by atoms with E-state index in [1.165, 1.54) is 0 Å². The van der Waals surface area contributed by atoms with Crippen LogP contribution in [0.15, 0.2) is 59.8 Å². The lowest BCUT2D eigenvalue weighted by Gasteiger charge is -2.25. The molecule has 2 aromatic carbocycles. The summed E-state index contributed by atoms with van der Waals surface area (Å²) in [6.07, 6.45) is -4.69. The van der Waals surface area contributed by atoms with Gasteiger partial charge in [-0.05, 0) is 55.8 Å². The number of alkyl halides is 3. The van der Waals surface area contributed by atoms with E-state index in [0.717, 1.165) is 33.5 Å². The van der Waals surface area contributed by atoms with Gasteiger partial charge in [-0.3, -0.25) is 15.1 Å². The first-order valence-corrected chi connectivity index (χ1v) is 11.6. The number of hydrogen-bond donors (Lipinski definition) is 3. The number of nitrogens with one attached hydrogen (secondary N) is 2. The van der Waals surface area contributed by atoms with Crippen molar-refractivity contribution in [3.05, 3.63) is 71.4 Å². The Morgan fingerprint density at radius 3 is 2.46 bits per heavy atom. The number of ether oxygens (including phenoxy) is 1. The maximum absolute atomic E-state index is 12.0. The number of carbonyl (C=O) groups is 3. The molecule has 2 aliphatic rings. The van der Waals surface area contributed by atoms with Crippen molar-refractivity contribution < 1.29 is 42.2 Å². The van der Waals surface area contributed by atoms with Gasteiger partial charge in [-0.15, -0.1) is 0 Å². The Hall–Kier alpha value is -4.68. The molecule has 0 spiro atoms. The Morgan fingerprint density at radius 2 is 1.85 bits per heavy atom.